The third-order valence-corrected chi connectivity index (χ3v) is 1.21. The molecule has 0 N–H and O–H groups in total. The molecule has 1 aromatic rings. The van der Waals surface area contributed by atoms with Gasteiger partial charge >= 0.3 is 0 Å². The molecule has 0 aliphatic carbocycles. The van der Waals surface area contributed by atoms with Crippen molar-refractivity contribution in [2.45, 2.75) is 12.8 Å². The fraction of sp³-hybridized carbons (Fsp3) is 0.250. The Hall–Kier alpha value is -0.920. The first-order valence-electron chi connectivity index (χ1n) is 3.22. The van der Waals surface area contributed by atoms with E-state index in [0.717, 1.165) is 18.5 Å². The zero-order valence-electron chi connectivity index (χ0n) is 5.68. The molecule has 1 heterocycles. The van der Waals surface area contributed by atoms with Crippen molar-refractivity contribution in [1.29, 1.82) is 0 Å². The molecule has 53 valence electrons. The Kier molecular flexibility index (Phi) is 2.37. The molecular formula is C8H9FN. The molecule has 0 fully saturated rings. The van der Waals surface area contributed by atoms with Crippen molar-refractivity contribution in [3.05, 3.63) is 36.8 Å². The second-order valence-corrected chi connectivity index (χ2v) is 2.07. The summed E-state index contributed by atoms with van der Waals surface area (Å²) in [5, 5.41) is 0. The van der Waals surface area contributed by atoms with Gasteiger partial charge in [0.25, 0.3) is 0 Å². The van der Waals surface area contributed by atoms with Crippen molar-refractivity contribution in [2.75, 3.05) is 0 Å². The van der Waals surface area contributed by atoms with E-state index < -0.39 is 0 Å². The lowest BCUT2D eigenvalue weighted by molar-refractivity contribution is 0.621. The van der Waals surface area contributed by atoms with E-state index in [1.54, 1.807) is 0 Å². The summed E-state index contributed by atoms with van der Waals surface area (Å²) in [6.45, 7) is 3.65. The fourth-order valence-corrected chi connectivity index (χ4v) is 0.767. The molecule has 1 aromatic heterocycles. The third kappa shape index (κ3) is 1.79. The van der Waals surface area contributed by atoms with E-state index >= 15 is 0 Å². The van der Waals surface area contributed by atoms with Gasteiger partial charge < -0.3 is 0 Å². The normalized spacial score (nSPS) is 9.80. The fourth-order valence-electron chi connectivity index (χ4n) is 0.767. The Balaban J connectivity index is 2.75. The van der Waals surface area contributed by atoms with Crippen LogP contribution in [-0.2, 0) is 6.42 Å². The van der Waals surface area contributed by atoms with Crippen LogP contribution >= 0.6 is 0 Å². The van der Waals surface area contributed by atoms with Gasteiger partial charge in [0.15, 0.2) is 0 Å². The quantitative estimate of drug-likeness (QED) is 0.609. The van der Waals surface area contributed by atoms with Crippen molar-refractivity contribution in [3.8, 4) is 0 Å². The monoisotopic (exact) mass is 138 g/mol. The second-order valence-electron chi connectivity index (χ2n) is 2.07. The molecule has 0 aromatic carbocycles. The van der Waals surface area contributed by atoms with Gasteiger partial charge in [0.1, 0.15) is 5.82 Å². The lowest BCUT2D eigenvalue weighted by Gasteiger charge is -1.94. The highest BCUT2D eigenvalue weighted by Crippen LogP contribution is 2.01. The highest BCUT2D eigenvalue weighted by molar-refractivity contribution is 5.05. The highest BCUT2D eigenvalue weighted by atomic mass is 19.1. The van der Waals surface area contributed by atoms with Gasteiger partial charge in [0.2, 0.25) is 0 Å². The maximum atomic E-state index is 12.4. The van der Waals surface area contributed by atoms with Crippen molar-refractivity contribution >= 4 is 0 Å². The maximum absolute atomic E-state index is 12.4. The molecule has 10 heavy (non-hydrogen) atoms. The molecule has 1 radical (unpaired) electrons. The highest BCUT2D eigenvalue weighted by Gasteiger charge is 1.93. The number of pyridine rings is 1. The van der Waals surface area contributed by atoms with Crippen molar-refractivity contribution in [2.24, 2.45) is 0 Å². The summed E-state index contributed by atoms with van der Waals surface area (Å²) in [6, 6.07) is 2.78. The van der Waals surface area contributed by atoms with Gasteiger partial charge in [-0.2, -0.15) is 0 Å². The summed E-state index contributed by atoms with van der Waals surface area (Å²) in [7, 11) is 0. The molecular weight excluding hydrogens is 129 g/mol. The number of rotatable bonds is 2. The first kappa shape index (κ1) is 7.19. The summed E-state index contributed by atoms with van der Waals surface area (Å²) in [5.74, 6) is -0.224. The van der Waals surface area contributed by atoms with E-state index in [0.29, 0.717) is 0 Å². The van der Waals surface area contributed by atoms with Gasteiger partial charge in [-0.3, -0.25) is 4.98 Å². The topological polar surface area (TPSA) is 12.9 Å². The van der Waals surface area contributed by atoms with Crippen molar-refractivity contribution < 1.29 is 4.39 Å². The van der Waals surface area contributed by atoms with Crippen LogP contribution in [0.4, 0.5) is 4.39 Å². The number of hydrogen-bond donors (Lipinski definition) is 0. The van der Waals surface area contributed by atoms with Crippen LogP contribution in [0.3, 0.4) is 0 Å². The minimum atomic E-state index is -0.224. The predicted molar refractivity (Wildman–Crippen MR) is 37.9 cm³/mol. The van der Waals surface area contributed by atoms with E-state index in [9.17, 15) is 4.39 Å². The second kappa shape index (κ2) is 3.30. The summed E-state index contributed by atoms with van der Waals surface area (Å²) in [6.07, 6.45) is 2.98. The molecule has 0 aliphatic heterocycles. The summed E-state index contributed by atoms with van der Waals surface area (Å²) < 4.78 is 12.4. The molecule has 1 rings (SSSR count). The first-order chi connectivity index (χ1) is 4.83. The summed E-state index contributed by atoms with van der Waals surface area (Å²) in [4.78, 5) is 3.95. The number of nitrogens with zero attached hydrogens (tertiary/aromatic N) is 1. The van der Waals surface area contributed by atoms with Crippen LogP contribution in [0.5, 0.6) is 0 Å². The zero-order valence-corrected chi connectivity index (χ0v) is 5.68. The lowest BCUT2D eigenvalue weighted by Crippen LogP contribution is -1.88. The molecule has 0 spiro atoms. The molecule has 0 aliphatic rings. The van der Waals surface area contributed by atoms with Crippen molar-refractivity contribution in [3.63, 3.8) is 0 Å². The van der Waals surface area contributed by atoms with Gasteiger partial charge in [-0.05, 0) is 25.0 Å². The van der Waals surface area contributed by atoms with E-state index in [2.05, 4.69) is 11.9 Å². The largest absolute Gasteiger partial charge is 0.261 e. The van der Waals surface area contributed by atoms with E-state index in [-0.39, 0.29) is 5.82 Å². The summed E-state index contributed by atoms with van der Waals surface area (Å²) >= 11 is 0. The van der Waals surface area contributed by atoms with Crippen LogP contribution in [0.1, 0.15) is 12.1 Å². The minimum Gasteiger partial charge on any atom is -0.261 e. The standard InChI is InChI=1S/C8H9FN/c1-2-3-8-6-7(9)4-5-10-8/h4-6H,1-3H2. The van der Waals surface area contributed by atoms with Crippen LogP contribution in [-0.4, -0.2) is 4.98 Å². The number of halogens is 1. The van der Waals surface area contributed by atoms with E-state index in [1.807, 2.05) is 0 Å². The van der Waals surface area contributed by atoms with Crippen LogP contribution in [0.25, 0.3) is 0 Å². The predicted octanol–water partition coefficient (Wildman–Crippen LogP) is 1.99. The third-order valence-electron chi connectivity index (χ3n) is 1.21. The summed E-state index contributed by atoms with van der Waals surface area (Å²) in [5.41, 5.74) is 0.773. The van der Waals surface area contributed by atoms with E-state index in [1.165, 1.54) is 18.3 Å². The number of hydrogen-bond acceptors (Lipinski definition) is 1. The average Bonchev–Trinajstić information content (AvgIpc) is 1.88. The number of aryl methyl sites for hydroxylation is 1. The van der Waals surface area contributed by atoms with E-state index in [4.69, 9.17) is 0 Å². The zero-order chi connectivity index (χ0) is 7.40. The lowest BCUT2D eigenvalue weighted by atomic mass is 10.2. The Morgan fingerprint density at radius 1 is 1.60 bits per heavy atom. The van der Waals surface area contributed by atoms with Gasteiger partial charge in [0, 0.05) is 11.9 Å². The molecule has 0 unspecified atom stereocenters. The van der Waals surface area contributed by atoms with Crippen molar-refractivity contribution in [1.82, 2.24) is 4.98 Å². The average molecular weight is 138 g/mol. The molecule has 0 saturated carbocycles. The van der Waals surface area contributed by atoms with Crippen LogP contribution in [0, 0.1) is 12.7 Å². The Labute approximate surface area is 59.9 Å². The minimum absolute atomic E-state index is 0.224. The Morgan fingerprint density at radius 2 is 2.40 bits per heavy atom. The molecule has 0 atom stereocenters. The van der Waals surface area contributed by atoms with Gasteiger partial charge in [-0.25, -0.2) is 4.39 Å². The van der Waals surface area contributed by atoms with Crippen LogP contribution in [0.2, 0.25) is 0 Å². The molecule has 0 amide bonds. The maximum Gasteiger partial charge on any atom is 0.126 e. The van der Waals surface area contributed by atoms with Gasteiger partial charge in [-0.1, -0.05) is 6.92 Å². The Morgan fingerprint density at radius 3 is 3.00 bits per heavy atom. The van der Waals surface area contributed by atoms with Crippen LogP contribution < -0.4 is 0 Å². The SMILES string of the molecule is [CH2]CCc1cc(F)ccn1. The molecule has 1 nitrogen and oxygen atoms in total. The number of aromatic nitrogens is 1. The molecule has 0 bridgehead atoms. The Bertz CT molecular complexity index is 210. The van der Waals surface area contributed by atoms with Gasteiger partial charge in [-0.15, -0.1) is 0 Å². The molecule has 0 saturated heterocycles. The van der Waals surface area contributed by atoms with Crippen LogP contribution in [0.15, 0.2) is 18.3 Å². The van der Waals surface area contributed by atoms with Gasteiger partial charge in [0.05, 0.1) is 0 Å². The smallest absolute Gasteiger partial charge is 0.126 e. The first-order valence-corrected chi connectivity index (χ1v) is 3.22. The molecule has 2 heteroatoms.